The van der Waals surface area contributed by atoms with Crippen LogP contribution in [0.1, 0.15) is 21.7 Å². The Labute approximate surface area is 133 Å². The summed E-state index contributed by atoms with van der Waals surface area (Å²) in [6, 6.07) is 8.04. The van der Waals surface area contributed by atoms with Gasteiger partial charge in [0.1, 0.15) is 5.69 Å². The number of nitrogens with two attached hydrogens (primary N) is 1. The molecule has 124 valence electrons. The summed E-state index contributed by atoms with van der Waals surface area (Å²) in [6.07, 6.45) is -4.50. The number of pyridine rings is 1. The zero-order valence-corrected chi connectivity index (χ0v) is 12.2. The number of alkyl halides is 3. The Kier molecular flexibility index (Phi) is 3.76. The molecule has 0 radical (unpaired) electrons. The van der Waals surface area contributed by atoms with E-state index in [-0.39, 0.29) is 23.6 Å². The lowest BCUT2D eigenvalue weighted by Gasteiger charge is -2.11. The van der Waals surface area contributed by atoms with Crippen LogP contribution in [0, 0.1) is 0 Å². The molecule has 0 saturated carbocycles. The molecule has 3 rings (SSSR count). The first-order valence-corrected chi connectivity index (χ1v) is 6.92. The number of nitrogens with one attached hydrogen (secondary N) is 1. The lowest BCUT2D eigenvalue weighted by molar-refractivity contribution is -0.137. The molecule has 0 spiro atoms. The summed E-state index contributed by atoms with van der Waals surface area (Å²) in [4.78, 5) is 17.8. The molecule has 2 heterocycles. The minimum atomic E-state index is -4.50. The molecule has 5 nitrogen and oxygen atoms in total. The Hall–Kier alpha value is -2.87. The molecule has 0 atom stereocenters. The standard InChI is InChI=1S/C16H12F3N3O2/c17-16(18,19)10-5-11(7-20)21-13(6-10)8-1-2-12-9(3-8)4-14(22-12)15(23)24/h1-6,22H,7,20H2,(H,23,24). The third-order valence-electron chi connectivity index (χ3n) is 3.56. The number of benzene rings is 1. The first-order chi connectivity index (χ1) is 11.3. The molecule has 4 N–H and O–H groups in total. The van der Waals surface area contributed by atoms with E-state index in [0.717, 1.165) is 12.1 Å². The number of hydrogen-bond acceptors (Lipinski definition) is 3. The van der Waals surface area contributed by atoms with E-state index >= 15 is 0 Å². The molecule has 24 heavy (non-hydrogen) atoms. The molecule has 0 aliphatic rings. The molecule has 0 amide bonds. The molecule has 8 heteroatoms. The van der Waals surface area contributed by atoms with Gasteiger partial charge in [0.15, 0.2) is 0 Å². The largest absolute Gasteiger partial charge is 0.477 e. The van der Waals surface area contributed by atoms with E-state index in [2.05, 4.69) is 9.97 Å². The summed E-state index contributed by atoms with van der Waals surface area (Å²) in [7, 11) is 0. The smallest absolute Gasteiger partial charge is 0.416 e. The fourth-order valence-electron chi connectivity index (χ4n) is 2.41. The third-order valence-corrected chi connectivity index (χ3v) is 3.56. The molecule has 0 aliphatic carbocycles. The zero-order valence-electron chi connectivity index (χ0n) is 12.2. The monoisotopic (exact) mass is 335 g/mol. The van der Waals surface area contributed by atoms with E-state index in [4.69, 9.17) is 10.8 Å². The molecule has 0 saturated heterocycles. The Balaban J connectivity index is 2.14. The summed E-state index contributed by atoms with van der Waals surface area (Å²) in [5.74, 6) is -1.12. The van der Waals surface area contributed by atoms with Crippen molar-refractivity contribution in [3.05, 3.63) is 53.3 Å². The van der Waals surface area contributed by atoms with Crippen molar-refractivity contribution < 1.29 is 23.1 Å². The predicted octanol–water partition coefficient (Wildman–Crippen LogP) is 3.41. The van der Waals surface area contributed by atoms with Crippen LogP contribution >= 0.6 is 0 Å². The van der Waals surface area contributed by atoms with Crippen molar-refractivity contribution in [3.63, 3.8) is 0 Å². The van der Waals surface area contributed by atoms with Gasteiger partial charge in [-0.2, -0.15) is 13.2 Å². The summed E-state index contributed by atoms with van der Waals surface area (Å²) >= 11 is 0. The van der Waals surface area contributed by atoms with Crippen LogP contribution < -0.4 is 5.73 Å². The van der Waals surface area contributed by atoms with Crippen LogP contribution in [0.2, 0.25) is 0 Å². The highest BCUT2D eigenvalue weighted by molar-refractivity contribution is 5.95. The topological polar surface area (TPSA) is 92.0 Å². The van der Waals surface area contributed by atoms with Crippen LogP contribution in [0.3, 0.4) is 0 Å². The second kappa shape index (κ2) is 5.64. The highest BCUT2D eigenvalue weighted by atomic mass is 19.4. The van der Waals surface area contributed by atoms with Crippen molar-refractivity contribution in [3.8, 4) is 11.3 Å². The number of aromatic carboxylic acids is 1. The van der Waals surface area contributed by atoms with E-state index in [0.29, 0.717) is 16.5 Å². The van der Waals surface area contributed by atoms with Gasteiger partial charge in [-0.3, -0.25) is 4.98 Å². The average molecular weight is 335 g/mol. The van der Waals surface area contributed by atoms with Crippen LogP contribution in [0.15, 0.2) is 36.4 Å². The molecular weight excluding hydrogens is 323 g/mol. The number of aromatic nitrogens is 2. The zero-order chi connectivity index (χ0) is 17.5. The van der Waals surface area contributed by atoms with E-state index in [1.54, 1.807) is 18.2 Å². The van der Waals surface area contributed by atoms with Crippen molar-refractivity contribution in [2.75, 3.05) is 0 Å². The van der Waals surface area contributed by atoms with Crippen molar-refractivity contribution >= 4 is 16.9 Å². The van der Waals surface area contributed by atoms with Gasteiger partial charge < -0.3 is 15.8 Å². The molecule has 0 fully saturated rings. The molecular formula is C16H12F3N3O2. The average Bonchev–Trinajstić information content (AvgIpc) is 2.97. The molecule has 0 unspecified atom stereocenters. The highest BCUT2D eigenvalue weighted by Crippen LogP contribution is 2.33. The Bertz CT molecular complexity index is 932. The minimum absolute atomic E-state index is 0.00167. The van der Waals surface area contributed by atoms with Crippen molar-refractivity contribution in [2.24, 2.45) is 5.73 Å². The number of rotatable bonds is 3. The fraction of sp³-hybridized carbons (Fsp3) is 0.125. The maximum Gasteiger partial charge on any atom is 0.416 e. The number of nitrogens with zero attached hydrogens (tertiary/aromatic N) is 1. The number of halogens is 3. The molecule has 2 aromatic heterocycles. The lowest BCUT2D eigenvalue weighted by Crippen LogP contribution is -2.09. The van der Waals surface area contributed by atoms with Gasteiger partial charge >= 0.3 is 12.1 Å². The molecule has 3 aromatic rings. The Morgan fingerprint density at radius 1 is 1.21 bits per heavy atom. The first kappa shape index (κ1) is 16.0. The normalized spacial score (nSPS) is 11.8. The van der Waals surface area contributed by atoms with Gasteiger partial charge in [0.2, 0.25) is 0 Å². The van der Waals surface area contributed by atoms with Gasteiger partial charge in [0, 0.05) is 23.0 Å². The van der Waals surface area contributed by atoms with E-state index in [9.17, 15) is 18.0 Å². The maximum absolute atomic E-state index is 13.0. The second-order valence-corrected chi connectivity index (χ2v) is 5.22. The number of carboxylic acids is 1. The summed E-state index contributed by atoms with van der Waals surface area (Å²) in [6.45, 7) is -0.119. The van der Waals surface area contributed by atoms with E-state index in [1.165, 1.54) is 6.07 Å². The third kappa shape index (κ3) is 2.95. The van der Waals surface area contributed by atoms with Crippen LogP contribution in [-0.4, -0.2) is 21.0 Å². The van der Waals surface area contributed by atoms with Gasteiger partial charge in [-0.25, -0.2) is 4.79 Å². The van der Waals surface area contributed by atoms with Gasteiger partial charge in [0.05, 0.1) is 17.0 Å². The van der Waals surface area contributed by atoms with Crippen molar-refractivity contribution in [1.82, 2.24) is 9.97 Å². The number of fused-ring (bicyclic) bond motifs is 1. The SMILES string of the molecule is NCc1cc(C(F)(F)F)cc(-c2ccc3[nH]c(C(=O)O)cc3c2)n1. The van der Waals surface area contributed by atoms with Crippen LogP contribution in [0.5, 0.6) is 0 Å². The summed E-state index contributed by atoms with van der Waals surface area (Å²) in [5.41, 5.74) is 5.88. The number of H-pyrrole nitrogens is 1. The number of hydrogen-bond donors (Lipinski definition) is 3. The lowest BCUT2D eigenvalue weighted by atomic mass is 10.1. The number of aromatic amines is 1. The fourth-order valence-corrected chi connectivity index (χ4v) is 2.41. The van der Waals surface area contributed by atoms with Gasteiger partial charge in [-0.15, -0.1) is 0 Å². The van der Waals surface area contributed by atoms with E-state index in [1.807, 2.05) is 0 Å². The Morgan fingerprint density at radius 2 is 1.96 bits per heavy atom. The van der Waals surface area contributed by atoms with Crippen molar-refractivity contribution in [1.29, 1.82) is 0 Å². The summed E-state index contributed by atoms with van der Waals surface area (Å²) in [5, 5.41) is 9.55. The molecule has 0 bridgehead atoms. The first-order valence-electron chi connectivity index (χ1n) is 6.92. The van der Waals surface area contributed by atoms with Crippen molar-refractivity contribution in [2.45, 2.75) is 12.7 Å². The quantitative estimate of drug-likeness (QED) is 0.684. The predicted molar refractivity (Wildman–Crippen MR) is 81.4 cm³/mol. The molecule has 1 aromatic carbocycles. The van der Waals surface area contributed by atoms with Crippen LogP contribution in [0.4, 0.5) is 13.2 Å². The minimum Gasteiger partial charge on any atom is -0.477 e. The van der Waals surface area contributed by atoms with E-state index < -0.39 is 17.7 Å². The second-order valence-electron chi connectivity index (χ2n) is 5.22. The van der Waals surface area contributed by atoms with Crippen LogP contribution in [0.25, 0.3) is 22.2 Å². The number of carboxylic acid groups (broad SMARTS) is 1. The van der Waals surface area contributed by atoms with Gasteiger partial charge in [-0.05, 0) is 30.3 Å². The number of carbonyl (C=O) groups is 1. The Morgan fingerprint density at radius 3 is 2.58 bits per heavy atom. The maximum atomic E-state index is 13.0. The van der Waals surface area contributed by atoms with Gasteiger partial charge in [0.25, 0.3) is 0 Å². The van der Waals surface area contributed by atoms with Gasteiger partial charge in [-0.1, -0.05) is 6.07 Å². The summed E-state index contributed by atoms with van der Waals surface area (Å²) < 4.78 is 39.0. The van der Waals surface area contributed by atoms with Crippen LogP contribution in [-0.2, 0) is 12.7 Å². The molecule has 0 aliphatic heterocycles. The highest BCUT2D eigenvalue weighted by Gasteiger charge is 2.31.